The standard InChI is InChI=1S/C21H37O3P/c1-16(2)23-25(22,24-17(3)4)15-13-18(5)11-12-20-19(6)10-9-14-21(20,7)8/h11-13,16-17H,9-10,14-15H2,1-8H3. The summed E-state index contributed by atoms with van der Waals surface area (Å²) in [7, 11) is -3.10. The Kier molecular flexibility index (Phi) is 8.38. The van der Waals surface area contributed by atoms with E-state index in [0.717, 1.165) is 5.57 Å². The van der Waals surface area contributed by atoms with Crippen molar-refractivity contribution < 1.29 is 13.6 Å². The van der Waals surface area contributed by atoms with E-state index < -0.39 is 7.60 Å². The van der Waals surface area contributed by atoms with Gasteiger partial charge in [-0.25, -0.2) is 0 Å². The SMILES string of the molecule is CC(C=CC1=C(C)CCCC1(C)C)=CCP(=O)(OC(C)C)OC(C)C. The van der Waals surface area contributed by atoms with Gasteiger partial charge in [0.1, 0.15) is 0 Å². The van der Waals surface area contributed by atoms with Crippen molar-refractivity contribution in [1.29, 1.82) is 0 Å². The van der Waals surface area contributed by atoms with Crippen molar-refractivity contribution in [1.82, 2.24) is 0 Å². The Morgan fingerprint density at radius 1 is 1.20 bits per heavy atom. The number of hydrogen-bond acceptors (Lipinski definition) is 3. The smallest absolute Gasteiger partial charge is 0.306 e. The molecule has 0 bridgehead atoms. The highest BCUT2D eigenvalue weighted by Crippen LogP contribution is 2.50. The second-order valence-corrected chi connectivity index (χ2v) is 10.3. The van der Waals surface area contributed by atoms with E-state index in [0.29, 0.717) is 6.16 Å². The first-order valence-corrected chi connectivity index (χ1v) is 11.2. The van der Waals surface area contributed by atoms with E-state index in [-0.39, 0.29) is 17.6 Å². The van der Waals surface area contributed by atoms with E-state index in [1.165, 1.54) is 30.4 Å². The Morgan fingerprint density at radius 3 is 2.24 bits per heavy atom. The minimum atomic E-state index is -3.10. The van der Waals surface area contributed by atoms with Gasteiger partial charge in [-0.1, -0.05) is 43.2 Å². The van der Waals surface area contributed by atoms with Crippen molar-refractivity contribution in [3.05, 3.63) is 34.9 Å². The molecule has 0 saturated heterocycles. The molecule has 1 aliphatic rings. The quantitative estimate of drug-likeness (QED) is 0.340. The zero-order valence-electron chi connectivity index (χ0n) is 17.4. The maximum atomic E-state index is 12.9. The number of allylic oxidation sites excluding steroid dienone is 6. The molecular formula is C21H37O3P. The Hall–Kier alpha value is -0.630. The van der Waals surface area contributed by atoms with Crippen molar-refractivity contribution in [2.24, 2.45) is 5.41 Å². The summed E-state index contributed by atoms with van der Waals surface area (Å²) in [4.78, 5) is 0. The molecule has 3 nitrogen and oxygen atoms in total. The fourth-order valence-electron chi connectivity index (χ4n) is 3.30. The average molecular weight is 368 g/mol. The lowest BCUT2D eigenvalue weighted by Crippen LogP contribution is -2.19. The maximum Gasteiger partial charge on any atom is 0.334 e. The molecule has 144 valence electrons. The molecular weight excluding hydrogens is 331 g/mol. The molecule has 1 rings (SSSR count). The van der Waals surface area contributed by atoms with Crippen LogP contribution < -0.4 is 0 Å². The fourth-order valence-corrected chi connectivity index (χ4v) is 5.32. The highest BCUT2D eigenvalue weighted by molar-refractivity contribution is 7.54. The molecule has 0 spiro atoms. The zero-order valence-corrected chi connectivity index (χ0v) is 18.3. The van der Waals surface area contributed by atoms with Crippen molar-refractivity contribution in [2.75, 3.05) is 6.16 Å². The Morgan fingerprint density at radius 2 is 1.76 bits per heavy atom. The molecule has 0 N–H and O–H groups in total. The zero-order chi connectivity index (χ0) is 19.3. The Balaban J connectivity index is 2.87. The van der Waals surface area contributed by atoms with Gasteiger partial charge in [0, 0.05) is 0 Å². The summed E-state index contributed by atoms with van der Waals surface area (Å²) in [5, 5.41) is 0. The lowest BCUT2D eigenvalue weighted by molar-refractivity contribution is 0.144. The van der Waals surface area contributed by atoms with Gasteiger partial charge in [-0.3, -0.25) is 4.57 Å². The molecule has 4 heteroatoms. The number of rotatable bonds is 8. The topological polar surface area (TPSA) is 35.5 Å². The summed E-state index contributed by atoms with van der Waals surface area (Å²) in [5.41, 5.74) is 4.24. The van der Waals surface area contributed by atoms with Gasteiger partial charge in [-0.2, -0.15) is 0 Å². The molecule has 25 heavy (non-hydrogen) atoms. The van der Waals surface area contributed by atoms with Gasteiger partial charge in [0.2, 0.25) is 0 Å². The van der Waals surface area contributed by atoms with Gasteiger partial charge >= 0.3 is 7.60 Å². The summed E-state index contributed by atoms with van der Waals surface area (Å²) < 4.78 is 24.1. The fraction of sp³-hybridized carbons (Fsp3) is 0.714. The van der Waals surface area contributed by atoms with Crippen LogP contribution in [0.5, 0.6) is 0 Å². The molecule has 1 aliphatic carbocycles. The molecule has 0 amide bonds. The second-order valence-electron chi connectivity index (χ2n) is 8.31. The van der Waals surface area contributed by atoms with E-state index >= 15 is 0 Å². The molecule has 0 aromatic heterocycles. The van der Waals surface area contributed by atoms with Gasteiger partial charge in [-0.05, 0) is 71.8 Å². The first-order valence-electron chi connectivity index (χ1n) is 9.46. The van der Waals surface area contributed by atoms with Crippen molar-refractivity contribution in [3.8, 4) is 0 Å². The second kappa shape index (κ2) is 9.35. The molecule has 0 unspecified atom stereocenters. The molecule has 0 aromatic rings. The van der Waals surface area contributed by atoms with Crippen molar-refractivity contribution in [2.45, 2.75) is 86.9 Å². The van der Waals surface area contributed by atoms with Crippen LogP contribution in [0.15, 0.2) is 34.9 Å². The van der Waals surface area contributed by atoms with Gasteiger partial charge in [-0.15, -0.1) is 0 Å². The van der Waals surface area contributed by atoms with Crippen LogP contribution in [0.3, 0.4) is 0 Å². The van der Waals surface area contributed by atoms with Crippen LogP contribution in [0.25, 0.3) is 0 Å². The molecule has 0 fully saturated rings. The first-order chi connectivity index (χ1) is 11.4. The van der Waals surface area contributed by atoms with E-state index in [1.54, 1.807) is 0 Å². The molecule has 0 heterocycles. The van der Waals surface area contributed by atoms with Crippen LogP contribution in [0.2, 0.25) is 0 Å². The molecule has 0 aliphatic heterocycles. The number of hydrogen-bond donors (Lipinski definition) is 0. The minimum absolute atomic E-state index is 0.121. The summed E-state index contributed by atoms with van der Waals surface area (Å²) >= 11 is 0. The third kappa shape index (κ3) is 7.64. The van der Waals surface area contributed by atoms with Crippen LogP contribution in [0.4, 0.5) is 0 Å². The summed E-state index contributed by atoms with van der Waals surface area (Å²) in [6.45, 7) is 16.4. The van der Waals surface area contributed by atoms with Crippen LogP contribution in [-0.2, 0) is 13.6 Å². The van der Waals surface area contributed by atoms with Crippen LogP contribution in [-0.4, -0.2) is 18.4 Å². The van der Waals surface area contributed by atoms with Crippen LogP contribution in [0, 0.1) is 5.41 Å². The van der Waals surface area contributed by atoms with E-state index in [4.69, 9.17) is 9.05 Å². The van der Waals surface area contributed by atoms with Gasteiger partial charge < -0.3 is 9.05 Å². The van der Waals surface area contributed by atoms with E-state index in [1.807, 2.05) is 40.7 Å². The Labute approximate surface area is 155 Å². The predicted octanol–water partition coefficient (Wildman–Crippen LogP) is 7.06. The summed E-state index contributed by atoms with van der Waals surface area (Å²) in [5.74, 6) is 0. The predicted molar refractivity (Wildman–Crippen MR) is 108 cm³/mol. The minimum Gasteiger partial charge on any atom is -0.306 e. The monoisotopic (exact) mass is 368 g/mol. The average Bonchev–Trinajstić information content (AvgIpc) is 2.42. The van der Waals surface area contributed by atoms with E-state index in [9.17, 15) is 4.57 Å². The summed E-state index contributed by atoms with van der Waals surface area (Å²) in [6.07, 6.45) is 10.1. The van der Waals surface area contributed by atoms with Gasteiger partial charge in [0.05, 0.1) is 18.4 Å². The normalized spacial score (nSPS) is 19.5. The largest absolute Gasteiger partial charge is 0.334 e. The highest BCUT2D eigenvalue weighted by atomic mass is 31.2. The van der Waals surface area contributed by atoms with Crippen LogP contribution >= 0.6 is 7.60 Å². The van der Waals surface area contributed by atoms with Crippen molar-refractivity contribution in [3.63, 3.8) is 0 Å². The first kappa shape index (κ1) is 22.4. The van der Waals surface area contributed by atoms with E-state index in [2.05, 4.69) is 32.9 Å². The van der Waals surface area contributed by atoms with Gasteiger partial charge in [0.25, 0.3) is 0 Å². The lowest BCUT2D eigenvalue weighted by Gasteiger charge is -2.33. The highest BCUT2D eigenvalue weighted by Gasteiger charge is 2.27. The van der Waals surface area contributed by atoms with Crippen LogP contribution in [0.1, 0.15) is 74.7 Å². The van der Waals surface area contributed by atoms with Crippen molar-refractivity contribution >= 4 is 7.60 Å². The summed E-state index contributed by atoms with van der Waals surface area (Å²) in [6, 6.07) is 0. The van der Waals surface area contributed by atoms with Gasteiger partial charge in [0.15, 0.2) is 0 Å². The Bertz CT molecular complexity index is 566. The molecule has 0 radical (unpaired) electrons. The molecule has 0 atom stereocenters. The third-order valence-corrected chi connectivity index (χ3v) is 6.55. The molecule has 0 saturated carbocycles. The maximum absolute atomic E-state index is 12.9. The third-order valence-electron chi connectivity index (χ3n) is 4.44. The lowest BCUT2D eigenvalue weighted by atomic mass is 9.72. The molecule has 0 aromatic carbocycles.